The van der Waals surface area contributed by atoms with Crippen LogP contribution in [0.4, 0.5) is 5.69 Å². The molecule has 2 heterocycles. The van der Waals surface area contributed by atoms with Crippen LogP contribution in [0.1, 0.15) is 61.8 Å². The molecule has 0 aromatic heterocycles. The van der Waals surface area contributed by atoms with Crippen molar-refractivity contribution in [2.45, 2.75) is 62.9 Å². The number of ether oxygens (including phenoxy) is 1. The Balaban J connectivity index is 1.35. The number of methoxy groups -OCH3 is 1. The first-order chi connectivity index (χ1) is 15.5. The number of hydrogen-bond donors (Lipinski definition) is 0. The van der Waals surface area contributed by atoms with Crippen molar-refractivity contribution in [3.05, 3.63) is 65.2 Å². The molecule has 0 radical (unpaired) electrons. The van der Waals surface area contributed by atoms with E-state index in [0.717, 1.165) is 37.2 Å². The van der Waals surface area contributed by atoms with Crippen molar-refractivity contribution in [2.75, 3.05) is 25.1 Å². The van der Waals surface area contributed by atoms with Gasteiger partial charge in [-0.05, 0) is 61.8 Å². The molecule has 2 atom stereocenters. The lowest BCUT2D eigenvalue weighted by Gasteiger charge is -2.42. The third-order valence-electron chi connectivity index (χ3n) is 7.82. The molecule has 3 aliphatic rings. The fourth-order valence-electron chi connectivity index (χ4n) is 6.10. The number of benzene rings is 2. The van der Waals surface area contributed by atoms with Crippen molar-refractivity contribution >= 4 is 17.6 Å². The van der Waals surface area contributed by atoms with Crippen molar-refractivity contribution in [1.82, 2.24) is 4.90 Å². The molecule has 2 unspecified atom stereocenters. The number of anilines is 1. The van der Waals surface area contributed by atoms with Gasteiger partial charge in [-0.1, -0.05) is 42.5 Å². The fourth-order valence-corrected chi connectivity index (χ4v) is 6.10. The zero-order chi connectivity index (χ0) is 22.3. The van der Waals surface area contributed by atoms with E-state index < -0.39 is 5.41 Å². The molecule has 0 N–H and O–H groups in total. The van der Waals surface area contributed by atoms with Gasteiger partial charge in [0, 0.05) is 30.9 Å². The Kier molecular flexibility index (Phi) is 5.54. The van der Waals surface area contributed by atoms with Gasteiger partial charge in [-0.25, -0.2) is 0 Å². The number of nitrogens with zero attached hydrogens (tertiary/aromatic N) is 2. The molecule has 0 bridgehead atoms. The first kappa shape index (κ1) is 21.2. The second-order valence-electron chi connectivity index (χ2n) is 9.65. The Hall–Kier alpha value is -2.66. The van der Waals surface area contributed by atoms with Crippen molar-refractivity contribution < 1.29 is 14.3 Å². The minimum Gasteiger partial charge on any atom is -0.469 e. The summed E-state index contributed by atoms with van der Waals surface area (Å²) in [6.45, 7) is 3.87. The second-order valence-corrected chi connectivity index (χ2v) is 9.65. The number of rotatable bonds is 4. The van der Waals surface area contributed by atoms with Gasteiger partial charge in [-0.2, -0.15) is 0 Å². The summed E-state index contributed by atoms with van der Waals surface area (Å²) >= 11 is 0. The molecule has 1 fully saturated rings. The average Bonchev–Trinajstić information content (AvgIpc) is 3.05. The summed E-state index contributed by atoms with van der Waals surface area (Å²) in [5.41, 5.74) is 4.03. The van der Waals surface area contributed by atoms with Crippen LogP contribution in [0.25, 0.3) is 0 Å². The second kappa shape index (κ2) is 8.36. The minimum atomic E-state index is -0.858. The molecule has 2 aliphatic heterocycles. The van der Waals surface area contributed by atoms with E-state index >= 15 is 0 Å². The van der Waals surface area contributed by atoms with Crippen LogP contribution < -0.4 is 4.90 Å². The van der Waals surface area contributed by atoms with Crippen LogP contribution in [0, 0.1) is 0 Å². The van der Waals surface area contributed by atoms with Gasteiger partial charge in [0.15, 0.2) is 0 Å². The summed E-state index contributed by atoms with van der Waals surface area (Å²) in [6.07, 6.45) is 5.62. The van der Waals surface area contributed by atoms with Crippen molar-refractivity contribution in [2.24, 2.45) is 0 Å². The maximum absolute atomic E-state index is 13.7. The van der Waals surface area contributed by atoms with Crippen molar-refractivity contribution in [1.29, 1.82) is 0 Å². The zero-order valence-electron chi connectivity index (χ0n) is 19.0. The lowest BCUT2D eigenvalue weighted by atomic mass is 9.80. The van der Waals surface area contributed by atoms with Gasteiger partial charge in [-0.3, -0.25) is 14.5 Å². The van der Waals surface area contributed by atoms with Crippen LogP contribution in [-0.2, 0) is 26.2 Å². The van der Waals surface area contributed by atoms with E-state index in [1.807, 2.05) is 36.1 Å². The van der Waals surface area contributed by atoms with Gasteiger partial charge in [0.1, 0.15) is 0 Å². The van der Waals surface area contributed by atoms with Crippen LogP contribution in [-0.4, -0.2) is 43.0 Å². The van der Waals surface area contributed by atoms with E-state index in [2.05, 4.69) is 29.2 Å². The maximum atomic E-state index is 13.7. The molecule has 5 nitrogen and oxygen atoms in total. The standard InChI is InChI=1S/C27H32N2O3/c1-27(18-25(30)32-2)22-11-5-6-12-24(22)29(26(27)31)20-14-16-28(17-15-20)23-13-7-9-19-8-3-4-10-21(19)23/h3-6,8,10-12,20,23H,7,9,13-18H2,1-2H3. The summed E-state index contributed by atoms with van der Waals surface area (Å²) in [4.78, 5) is 30.4. The summed E-state index contributed by atoms with van der Waals surface area (Å²) < 4.78 is 4.92. The maximum Gasteiger partial charge on any atom is 0.306 e. The van der Waals surface area contributed by atoms with E-state index in [-0.39, 0.29) is 24.3 Å². The Bertz CT molecular complexity index is 1030. The number of aryl methyl sites for hydroxylation is 1. The van der Waals surface area contributed by atoms with Crippen molar-refractivity contribution in [3.8, 4) is 0 Å². The normalized spacial score (nSPS) is 26.0. The van der Waals surface area contributed by atoms with Gasteiger partial charge in [0.25, 0.3) is 0 Å². The Morgan fingerprint density at radius 3 is 2.56 bits per heavy atom. The number of esters is 1. The number of fused-ring (bicyclic) bond motifs is 2. The molecular weight excluding hydrogens is 400 g/mol. The molecule has 0 saturated carbocycles. The predicted molar refractivity (Wildman–Crippen MR) is 125 cm³/mol. The van der Waals surface area contributed by atoms with Crippen LogP contribution in [0.3, 0.4) is 0 Å². The quantitative estimate of drug-likeness (QED) is 0.672. The van der Waals surface area contributed by atoms with Gasteiger partial charge >= 0.3 is 5.97 Å². The lowest BCUT2D eigenvalue weighted by molar-refractivity contribution is -0.144. The SMILES string of the molecule is COC(=O)CC1(C)C(=O)N(C2CCN(C3CCCc4ccccc43)CC2)c2ccccc21. The number of hydrogen-bond acceptors (Lipinski definition) is 4. The summed E-state index contributed by atoms with van der Waals surface area (Å²) in [6, 6.07) is 17.5. The molecule has 1 saturated heterocycles. The molecule has 2 aromatic carbocycles. The summed E-state index contributed by atoms with van der Waals surface area (Å²) in [7, 11) is 1.38. The molecule has 1 aliphatic carbocycles. The van der Waals surface area contributed by atoms with E-state index in [1.165, 1.54) is 37.5 Å². The number of piperidine rings is 1. The number of carbonyl (C=O) groups is 2. The molecule has 2 aromatic rings. The molecule has 168 valence electrons. The van der Waals surface area contributed by atoms with E-state index in [0.29, 0.717) is 6.04 Å². The third kappa shape index (κ3) is 3.43. The highest BCUT2D eigenvalue weighted by molar-refractivity contribution is 6.09. The smallest absolute Gasteiger partial charge is 0.306 e. The van der Waals surface area contributed by atoms with Gasteiger partial charge < -0.3 is 9.64 Å². The molecule has 5 rings (SSSR count). The summed E-state index contributed by atoms with van der Waals surface area (Å²) in [5.74, 6) is -0.311. The largest absolute Gasteiger partial charge is 0.469 e. The number of para-hydroxylation sites is 1. The highest BCUT2D eigenvalue weighted by Crippen LogP contribution is 2.46. The van der Waals surface area contributed by atoms with Crippen LogP contribution in [0.15, 0.2) is 48.5 Å². The highest BCUT2D eigenvalue weighted by atomic mass is 16.5. The number of likely N-dealkylation sites (tertiary alicyclic amines) is 1. The zero-order valence-corrected chi connectivity index (χ0v) is 19.0. The van der Waals surface area contributed by atoms with Crippen LogP contribution >= 0.6 is 0 Å². The molecular formula is C27H32N2O3. The molecule has 5 heteroatoms. The Labute approximate surface area is 190 Å². The fraction of sp³-hybridized carbons (Fsp3) is 0.481. The van der Waals surface area contributed by atoms with Gasteiger partial charge in [-0.15, -0.1) is 0 Å². The highest BCUT2D eigenvalue weighted by Gasteiger charge is 2.51. The van der Waals surface area contributed by atoms with E-state index in [9.17, 15) is 9.59 Å². The van der Waals surface area contributed by atoms with Crippen molar-refractivity contribution in [3.63, 3.8) is 0 Å². The number of amides is 1. The predicted octanol–water partition coefficient (Wildman–Crippen LogP) is 4.40. The first-order valence-electron chi connectivity index (χ1n) is 11.8. The monoisotopic (exact) mass is 432 g/mol. The Morgan fingerprint density at radius 2 is 1.78 bits per heavy atom. The molecule has 1 amide bonds. The summed E-state index contributed by atoms with van der Waals surface area (Å²) in [5, 5.41) is 0. The topological polar surface area (TPSA) is 49.9 Å². The van der Waals surface area contributed by atoms with Crippen LogP contribution in [0.2, 0.25) is 0 Å². The third-order valence-corrected chi connectivity index (χ3v) is 7.82. The Morgan fingerprint density at radius 1 is 1.06 bits per heavy atom. The average molecular weight is 433 g/mol. The van der Waals surface area contributed by atoms with E-state index in [1.54, 1.807) is 0 Å². The van der Waals surface area contributed by atoms with E-state index in [4.69, 9.17) is 4.74 Å². The van der Waals surface area contributed by atoms with Gasteiger partial charge in [0.05, 0.1) is 18.9 Å². The first-order valence-corrected chi connectivity index (χ1v) is 11.8. The van der Waals surface area contributed by atoms with Crippen LogP contribution in [0.5, 0.6) is 0 Å². The molecule has 32 heavy (non-hydrogen) atoms. The van der Waals surface area contributed by atoms with Gasteiger partial charge in [0.2, 0.25) is 5.91 Å². The lowest BCUT2D eigenvalue weighted by Crippen LogP contribution is -2.50. The minimum absolute atomic E-state index is 0.0329. The number of carbonyl (C=O) groups excluding carboxylic acids is 2. The molecule has 0 spiro atoms.